The summed E-state index contributed by atoms with van der Waals surface area (Å²) in [6.45, 7) is 9.54. The van der Waals surface area contributed by atoms with Crippen molar-refractivity contribution in [3.05, 3.63) is 63.9 Å². The van der Waals surface area contributed by atoms with Gasteiger partial charge < -0.3 is 9.64 Å². The minimum atomic E-state index is -0.536. The second kappa shape index (κ2) is 10.5. The molecule has 2 amide bonds. The standard InChI is InChI=1S/C28H34Cl2FN3O2/c1-19(2)14-33-18-28(34(27(33)35)23-6-4-22(29)5-7-23)17-32(15-20-9-11-36-12-10-20)16-24(28)21-3-8-25(30)26(31)13-21/h3-8,13,19-20,24H,9-12,14-18H2,1-2H3/t24-,28+/m1/s1. The van der Waals surface area contributed by atoms with E-state index in [2.05, 4.69) is 18.7 Å². The average molecular weight is 535 g/mol. The van der Waals surface area contributed by atoms with Gasteiger partial charge in [0.1, 0.15) is 5.82 Å². The third-order valence-corrected chi connectivity index (χ3v) is 8.39. The molecule has 0 radical (unpaired) electrons. The van der Waals surface area contributed by atoms with Crippen LogP contribution in [0.4, 0.5) is 14.9 Å². The van der Waals surface area contributed by atoms with Crippen LogP contribution in [0.25, 0.3) is 0 Å². The lowest BCUT2D eigenvalue weighted by molar-refractivity contribution is 0.0548. The van der Waals surface area contributed by atoms with Crippen LogP contribution in [-0.4, -0.2) is 67.3 Å². The van der Waals surface area contributed by atoms with Gasteiger partial charge in [-0.1, -0.05) is 43.1 Å². The zero-order valence-corrected chi connectivity index (χ0v) is 22.4. The number of rotatable bonds is 6. The number of halogens is 3. The van der Waals surface area contributed by atoms with Crippen molar-refractivity contribution in [3.63, 3.8) is 0 Å². The quantitative estimate of drug-likeness (QED) is 0.437. The van der Waals surface area contributed by atoms with Crippen LogP contribution in [0.2, 0.25) is 10.0 Å². The van der Waals surface area contributed by atoms with Gasteiger partial charge in [0.25, 0.3) is 0 Å². The number of nitrogens with zero attached hydrogens (tertiary/aromatic N) is 3. The van der Waals surface area contributed by atoms with E-state index >= 15 is 0 Å². The molecule has 3 aliphatic rings. The summed E-state index contributed by atoms with van der Waals surface area (Å²) in [7, 11) is 0. The van der Waals surface area contributed by atoms with Crippen LogP contribution in [0.3, 0.4) is 0 Å². The number of urea groups is 1. The Labute approximate surface area is 223 Å². The number of benzene rings is 2. The summed E-state index contributed by atoms with van der Waals surface area (Å²) in [5, 5.41) is 0.741. The Balaban J connectivity index is 1.57. The molecule has 2 aromatic rings. The first kappa shape index (κ1) is 25.8. The van der Waals surface area contributed by atoms with Gasteiger partial charge in [-0.15, -0.1) is 0 Å². The van der Waals surface area contributed by atoms with Gasteiger partial charge in [-0.3, -0.25) is 9.80 Å². The van der Waals surface area contributed by atoms with Gasteiger partial charge in [-0.25, -0.2) is 9.18 Å². The minimum Gasteiger partial charge on any atom is -0.381 e. The number of anilines is 1. The molecule has 1 spiro atoms. The van der Waals surface area contributed by atoms with Gasteiger partial charge in [0, 0.05) is 62.6 Å². The van der Waals surface area contributed by atoms with Gasteiger partial charge in [0.15, 0.2) is 0 Å². The number of carbonyl (C=O) groups is 1. The molecule has 3 saturated heterocycles. The molecule has 0 saturated carbocycles. The first-order valence-corrected chi connectivity index (χ1v) is 13.6. The molecule has 2 aromatic carbocycles. The molecule has 5 rings (SSSR count). The summed E-state index contributed by atoms with van der Waals surface area (Å²) in [6.07, 6.45) is 2.09. The monoisotopic (exact) mass is 533 g/mol. The molecule has 0 unspecified atom stereocenters. The summed E-state index contributed by atoms with van der Waals surface area (Å²) < 4.78 is 20.3. The van der Waals surface area contributed by atoms with Crippen LogP contribution in [0, 0.1) is 17.7 Å². The van der Waals surface area contributed by atoms with Crippen molar-refractivity contribution in [1.29, 1.82) is 0 Å². The Hall–Kier alpha value is -1.86. The summed E-state index contributed by atoms with van der Waals surface area (Å²) in [4.78, 5) is 20.4. The highest BCUT2D eigenvalue weighted by molar-refractivity contribution is 6.31. The lowest BCUT2D eigenvalue weighted by Crippen LogP contribution is -2.53. The molecule has 3 aliphatic heterocycles. The van der Waals surface area contributed by atoms with Crippen LogP contribution in [-0.2, 0) is 4.74 Å². The number of carbonyl (C=O) groups excluding carboxylic acids is 1. The molecule has 5 nitrogen and oxygen atoms in total. The van der Waals surface area contributed by atoms with E-state index in [4.69, 9.17) is 27.9 Å². The third-order valence-electron chi connectivity index (χ3n) is 7.83. The second-order valence-electron chi connectivity index (χ2n) is 10.9. The van der Waals surface area contributed by atoms with E-state index in [0.29, 0.717) is 29.9 Å². The van der Waals surface area contributed by atoms with E-state index in [1.54, 1.807) is 12.1 Å². The molecule has 2 atom stereocenters. The Morgan fingerprint density at radius 3 is 2.47 bits per heavy atom. The number of hydrogen-bond acceptors (Lipinski definition) is 3. The maximum atomic E-state index is 14.7. The molecule has 3 heterocycles. The maximum absolute atomic E-state index is 14.7. The van der Waals surface area contributed by atoms with Crippen molar-refractivity contribution in [3.8, 4) is 0 Å². The van der Waals surface area contributed by atoms with Crippen LogP contribution >= 0.6 is 23.2 Å². The zero-order valence-electron chi connectivity index (χ0n) is 20.9. The SMILES string of the molecule is CC(C)CN1C[C@]2(CN(CC3CCOCC3)C[C@@H]2c2ccc(Cl)c(F)c2)N(c2ccc(Cl)cc2)C1=O. The largest absolute Gasteiger partial charge is 0.381 e. The summed E-state index contributed by atoms with van der Waals surface area (Å²) in [5.41, 5.74) is 1.16. The third kappa shape index (κ3) is 4.98. The normalized spacial score (nSPS) is 25.6. The van der Waals surface area contributed by atoms with Gasteiger partial charge in [0.05, 0.1) is 10.6 Å². The molecular formula is C28H34Cl2FN3O2. The number of likely N-dealkylation sites (tertiary alicyclic amines) is 1. The molecule has 3 fully saturated rings. The Kier molecular flexibility index (Phi) is 7.51. The predicted molar refractivity (Wildman–Crippen MR) is 143 cm³/mol. The molecule has 0 bridgehead atoms. The van der Waals surface area contributed by atoms with Gasteiger partial charge in [0.2, 0.25) is 0 Å². The number of hydrogen-bond donors (Lipinski definition) is 0. The van der Waals surface area contributed by atoms with E-state index in [-0.39, 0.29) is 17.0 Å². The Bertz CT molecular complexity index is 1090. The summed E-state index contributed by atoms with van der Waals surface area (Å²) in [6, 6.07) is 12.6. The van der Waals surface area contributed by atoms with Crippen molar-refractivity contribution in [2.75, 3.05) is 50.8 Å². The first-order chi connectivity index (χ1) is 17.3. The molecule has 8 heteroatoms. The molecule has 36 heavy (non-hydrogen) atoms. The van der Waals surface area contributed by atoms with E-state index in [1.165, 1.54) is 0 Å². The lowest BCUT2D eigenvalue weighted by atomic mass is 9.81. The molecule has 0 aromatic heterocycles. The topological polar surface area (TPSA) is 36.0 Å². The summed E-state index contributed by atoms with van der Waals surface area (Å²) >= 11 is 12.3. The van der Waals surface area contributed by atoms with E-state index < -0.39 is 11.4 Å². The van der Waals surface area contributed by atoms with Crippen LogP contribution in [0.5, 0.6) is 0 Å². The van der Waals surface area contributed by atoms with Crippen molar-refractivity contribution < 1.29 is 13.9 Å². The zero-order chi connectivity index (χ0) is 25.4. The van der Waals surface area contributed by atoms with Crippen molar-refractivity contribution >= 4 is 34.9 Å². The molecule has 0 aliphatic carbocycles. The fourth-order valence-electron chi connectivity index (χ4n) is 6.30. The van der Waals surface area contributed by atoms with Crippen molar-refractivity contribution in [2.24, 2.45) is 11.8 Å². The van der Waals surface area contributed by atoms with Crippen LogP contribution < -0.4 is 4.90 Å². The van der Waals surface area contributed by atoms with Crippen molar-refractivity contribution in [1.82, 2.24) is 9.80 Å². The van der Waals surface area contributed by atoms with Crippen molar-refractivity contribution in [2.45, 2.75) is 38.1 Å². The fraction of sp³-hybridized carbons (Fsp3) is 0.536. The highest BCUT2D eigenvalue weighted by Gasteiger charge is 2.59. The first-order valence-electron chi connectivity index (χ1n) is 12.9. The van der Waals surface area contributed by atoms with Crippen LogP contribution in [0.15, 0.2) is 42.5 Å². The summed E-state index contributed by atoms with van der Waals surface area (Å²) in [5.74, 6) is 0.404. The average Bonchev–Trinajstić information content (AvgIpc) is 3.33. The van der Waals surface area contributed by atoms with Gasteiger partial charge in [-0.2, -0.15) is 0 Å². The molecule has 0 N–H and O–H groups in total. The Morgan fingerprint density at radius 1 is 1.08 bits per heavy atom. The van der Waals surface area contributed by atoms with Gasteiger partial charge in [-0.05, 0) is 66.6 Å². The fourth-order valence-corrected chi connectivity index (χ4v) is 6.54. The smallest absolute Gasteiger partial charge is 0.325 e. The lowest BCUT2D eigenvalue weighted by Gasteiger charge is -2.38. The molecule has 194 valence electrons. The van der Waals surface area contributed by atoms with Crippen LogP contribution in [0.1, 0.15) is 38.2 Å². The Morgan fingerprint density at radius 2 is 1.81 bits per heavy atom. The number of ether oxygens (including phenoxy) is 1. The van der Waals surface area contributed by atoms with Gasteiger partial charge >= 0.3 is 6.03 Å². The van der Waals surface area contributed by atoms with E-state index in [0.717, 1.165) is 56.9 Å². The van der Waals surface area contributed by atoms with E-state index in [1.807, 2.05) is 40.1 Å². The molecular weight excluding hydrogens is 500 g/mol. The minimum absolute atomic E-state index is 0.00151. The second-order valence-corrected chi connectivity index (χ2v) is 11.8. The number of amides is 2. The maximum Gasteiger partial charge on any atom is 0.325 e. The highest BCUT2D eigenvalue weighted by Crippen LogP contribution is 2.48. The predicted octanol–water partition coefficient (Wildman–Crippen LogP) is 6.30. The highest BCUT2D eigenvalue weighted by atomic mass is 35.5. The van der Waals surface area contributed by atoms with E-state index in [9.17, 15) is 9.18 Å².